The average Bonchev–Trinajstić information content (AvgIpc) is 2.37. The molecule has 1 rings (SSSR count). The van der Waals surface area contributed by atoms with Crippen molar-refractivity contribution in [2.24, 2.45) is 5.92 Å². The molecular weight excluding hydrogens is 145 g/mol. The van der Waals surface area contributed by atoms with Crippen LogP contribution in [0.3, 0.4) is 0 Å². The molecule has 1 heterocycles. The molecular formula is C8H16FNO. The Bertz CT molecular complexity index is 121. The van der Waals surface area contributed by atoms with E-state index in [1.165, 1.54) is 0 Å². The minimum absolute atomic E-state index is 0.0787. The van der Waals surface area contributed by atoms with Gasteiger partial charge in [-0.3, -0.25) is 0 Å². The SMILES string of the molecule is CNCC(C)(F)C1CCOC1. The second-order valence-corrected chi connectivity index (χ2v) is 3.37. The third-order valence-corrected chi connectivity index (χ3v) is 2.30. The van der Waals surface area contributed by atoms with Crippen LogP contribution in [0.5, 0.6) is 0 Å². The lowest BCUT2D eigenvalue weighted by atomic mass is 9.90. The van der Waals surface area contributed by atoms with E-state index in [9.17, 15) is 4.39 Å². The number of hydrogen-bond donors (Lipinski definition) is 1. The van der Waals surface area contributed by atoms with E-state index in [0.29, 0.717) is 19.8 Å². The van der Waals surface area contributed by atoms with Gasteiger partial charge >= 0.3 is 0 Å². The second kappa shape index (κ2) is 3.50. The molecule has 0 aromatic rings. The normalized spacial score (nSPS) is 30.3. The summed E-state index contributed by atoms with van der Waals surface area (Å²) < 4.78 is 18.8. The quantitative estimate of drug-likeness (QED) is 0.666. The van der Waals surface area contributed by atoms with Gasteiger partial charge in [0.25, 0.3) is 0 Å². The zero-order valence-corrected chi connectivity index (χ0v) is 7.19. The van der Waals surface area contributed by atoms with Crippen molar-refractivity contribution in [1.29, 1.82) is 0 Å². The van der Waals surface area contributed by atoms with Crippen molar-refractivity contribution in [3.05, 3.63) is 0 Å². The lowest BCUT2D eigenvalue weighted by molar-refractivity contribution is 0.0852. The van der Waals surface area contributed by atoms with Gasteiger partial charge in [-0.05, 0) is 20.4 Å². The van der Waals surface area contributed by atoms with E-state index >= 15 is 0 Å². The van der Waals surface area contributed by atoms with Crippen LogP contribution in [0.25, 0.3) is 0 Å². The molecule has 0 saturated carbocycles. The molecule has 2 unspecified atom stereocenters. The Morgan fingerprint density at radius 2 is 2.45 bits per heavy atom. The van der Waals surface area contributed by atoms with Crippen molar-refractivity contribution in [2.75, 3.05) is 26.8 Å². The van der Waals surface area contributed by atoms with Crippen molar-refractivity contribution >= 4 is 0 Å². The Labute approximate surface area is 67.1 Å². The topological polar surface area (TPSA) is 21.3 Å². The highest BCUT2D eigenvalue weighted by molar-refractivity contribution is 4.86. The first kappa shape index (κ1) is 8.94. The molecule has 0 aromatic heterocycles. The minimum atomic E-state index is -1.11. The molecule has 66 valence electrons. The Kier molecular flexibility index (Phi) is 2.84. The molecule has 0 radical (unpaired) electrons. The van der Waals surface area contributed by atoms with Crippen LogP contribution in [-0.2, 0) is 4.74 Å². The zero-order valence-electron chi connectivity index (χ0n) is 7.19. The zero-order chi connectivity index (χ0) is 8.32. The number of ether oxygens (including phenoxy) is 1. The van der Waals surface area contributed by atoms with Crippen LogP contribution in [-0.4, -0.2) is 32.5 Å². The summed E-state index contributed by atoms with van der Waals surface area (Å²) in [7, 11) is 1.77. The van der Waals surface area contributed by atoms with E-state index in [4.69, 9.17) is 4.74 Å². The molecule has 1 N–H and O–H groups in total. The fourth-order valence-electron chi connectivity index (χ4n) is 1.50. The summed E-state index contributed by atoms with van der Waals surface area (Å²) in [5, 5.41) is 2.85. The number of halogens is 1. The van der Waals surface area contributed by atoms with Crippen LogP contribution < -0.4 is 5.32 Å². The van der Waals surface area contributed by atoms with Gasteiger partial charge in [0.15, 0.2) is 0 Å². The molecule has 1 saturated heterocycles. The van der Waals surface area contributed by atoms with Crippen molar-refractivity contribution < 1.29 is 9.13 Å². The van der Waals surface area contributed by atoms with Gasteiger partial charge in [0, 0.05) is 19.1 Å². The summed E-state index contributed by atoms with van der Waals surface area (Å²) in [5.41, 5.74) is -1.11. The van der Waals surface area contributed by atoms with E-state index in [2.05, 4.69) is 5.32 Å². The molecule has 2 atom stereocenters. The summed E-state index contributed by atoms with van der Waals surface area (Å²) >= 11 is 0. The molecule has 3 heteroatoms. The van der Waals surface area contributed by atoms with E-state index in [1.54, 1.807) is 14.0 Å². The molecule has 1 aliphatic rings. The first-order chi connectivity index (χ1) is 5.17. The molecule has 2 nitrogen and oxygen atoms in total. The van der Waals surface area contributed by atoms with Crippen molar-refractivity contribution in [3.8, 4) is 0 Å². The monoisotopic (exact) mass is 161 g/mol. The predicted molar refractivity (Wildman–Crippen MR) is 42.4 cm³/mol. The van der Waals surface area contributed by atoms with E-state index in [1.807, 2.05) is 0 Å². The Morgan fingerprint density at radius 3 is 2.91 bits per heavy atom. The van der Waals surface area contributed by atoms with Crippen molar-refractivity contribution in [1.82, 2.24) is 5.32 Å². The second-order valence-electron chi connectivity index (χ2n) is 3.37. The maximum absolute atomic E-state index is 13.7. The first-order valence-corrected chi connectivity index (χ1v) is 4.08. The molecule has 0 aromatic carbocycles. The molecule has 0 aliphatic carbocycles. The van der Waals surface area contributed by atoms with Gasteiger partial charge in [0.05, 0.1) is 6.61 Å². The van der Waals surface area contributed by atoms with Gasteiger partial charge in [0.1, 0.15) is 5.67 Å². The highest BCUT2D eigenvalue weighted by Crippen LogP contribution is 2.28. The van der Waals surface area contributed by atoms with Crippen LogP contribution in [0.2, 0.25) is 0 Å². The Balaban J connectivity index is 2.41. The summed E-state index contributed by atoms with van der Waals surface area (Å²) in [6, 6.07) is 0. The van der Waals surface area contributed by atoms with Crippen molar-refractivity contribution in [3.63, 3.8) is 0 Å². The maximum atomic E-state index is 13.7. The van der Waals surface area contributed by atoms with Gasteiger partial charge < -0.3 is 10.1 Å². The summed E-state index contributed by atoms with van der Waals surface area (Å²) in [6.07, 6.45) is 0.856. The average molecular weight is 161 g/mol. The maximum Gasteiger partial charge on any atom is 0.125 e. The number of alkyl halides is 1. The fraction of sp³-hybridized carbons (Fsp3) is 1.00. The van der Waals surface area contributed by atoms with Gasteiger partial charge in [-0.1, -0.05) is 0 Å². The standard InChI is InChI=1S/C8H16FNO/c1-8(9,6-10-2)7-3-4-11-5-7/h7,10H,3-6H2,1-2H3. The van der Waals surface area contributed by atoms with Crippen LogP contribution in [0, 0.1) is 5.92 Å². The third-order valence-electron chi connectivity index (χ3n) is 2.30. The number of rotatable bonds is 3. The highest BCUT2D eigenvalue weighted by atomic mass is 19.1. The van der Waals surface area contributed by atoms with Gasteiger partial charge in [-0.2, -0.15) is 0 Å². The van der Waals surface area contributed by atoms with Crippen LogP contribution in [0.4, 0.5) is 4.39 Å². The van der Waals surface area contributed by atoms with Gasteiger partial charge in [-0.15, -0.1) is 0 Å². The number of nitrogens with one attached hydrogen (secondary N) is 1. The van der Waals surface area contributed by atoms with Crippen LogP contribution >= 0.6 is 0 Å². The number of hydrogen-bond acceptors (Lipinski definition) is 2. The van der Waals surface area contributed by atoms with Gasteiger partial charge in [-0.25, -0.2) is 4.39 Å². The summed E-state index contributed by atoms with van der Waals surface area (Å²) in [6.45, 7) is 3.35. The summed E-state index contributed by atoms with van der Waals surface area (Å²) in [4.78, 5) is 0. The largest absolute Gasteiger partial charge is 0.381 e. The Morgan fingerprint density at radius 1 is 1.73 bits per heavy atom. The molecule has 11 heavy (non-hydrogen) atoms. The fourth-order valence-corrected chi connectivity index (χ4v) is 1.50. The smallest absolute Gasteiger partial charge is 0.125 e. The van der Waals surface area contributed by atoms with E-state index < -0.39 is 5.67 Å². The molecule has 0 amide bonds. The Hall–Kier alpha value is -0.150. The highest BCUT2D eigenvalue weighted by Gasteiger charge is 2.35. The molecule has 0 spiro atoms. The van der Waals surface area contributed by atoms with Crippen molar-refractivity contribution in [2.45, 2.75) is 19.0 Å². The third kappa shape index (κ3) is 2.14. The van der Waals surface area contributed by atoms with Crippen LogP contribution in [0.15, 0.2) is 0 Å². The predicted octanol–water partition coefficient (Wildman–Crippen LogP) is 0.970. The molecule has 0 bridgehead atoms. The lowest BCUT2D eigenvalue weighted by Gasteiger charge is -2.25. The van der Waals surface area contributed by atoms with E-state index in [0.717, 1.165) is 6.42 Å². The van der Waals surface area contributed by atoms with Crippen LogP contribution in [0.1, 0.15) is 13.3 Å². The molecule has 1 fully saturated rings. The summed E-state index contributed by atoms with van der Waals surface area (Å²) in [5.74, 6) is 0.0787. The lowest BCUT2D eigenvalue weighted by Crippen LogP contribution is -2.39. The molecule has 1 aliphatic heterocycles. The minimum Gasteiger partial charge on any atom is -0.381 e. The van der Waals surface area contributed by atoms with Gasteiger partial charge in [0.2, 0.25) is 0 Å². The van der Waals surface area contributed by atoms with E-state index in [-0.39, 0.29) is 5.92 Å². The first-order valence-electron chi connectivity index (χ1n) is 4.08.